The van der Waals surface area contributed by atoms with Crippen molar-refractivity contribution in [2.24, 2.45) is 11.3 Å². The Labute approximate surface area is 287 Å². The molecule has 0 spiro atoms. The molecule has 2 saturated heterocycles. The molecule has 47 heavy (non-hydrogen) atoms. The van der Waals surface area contributed by atoms with E-state index in [2.05, 4.69) is 29.0 Å². The standard InChI is InChI=1S/C23H44N4O2.C12H21NO3.C2H6/c1-17(2)19(16-27-14-10-11-15-27)26(7)22(29)20(23(3,4)5)24-21(28)18-12-8-9-13-25(18)6;1-3-6-11(13(4-2)9-14)12(15)16-10-7-5-8-10;1-2/h17-20H,8-16H2,1-7H3,(H,24,28);9-11H,3-8H2,1-2H3;1-2H3/t;11-;/m.0./s1. The molecule has 0 aromatic rings. The van der Waals surface area contributed by atoms with Gasteiger partial charge < -0.3 is 24.8 Å². The number of hydrogen-bond donors (Lipinski definition) is 1. The molecule has 10 heteroatoms. The number of carbonyl (C=O) groups excluding carboxylic acids is 4. The molecule has 10 nitrogen and oxygen atoms in total. The maximum absolute atomic E-state index is 13.6. The highest BCUT2D eigenvalue weighted by Gasteiger charge is 2.39. The highest BCUT2D eigenvalue weighted by atomic mass is 16.5. The molecule has 0 aromatic carbocycles. The summed E-state index contributed by atoms with van der Waals surface area (Å²) in [5.41, 5.74) is -0.344. The summed E-state index contributed by atoms with van der Waals surface area (Å²) in [7, 11) is 3.93. The van der Waals surface area contributed by atoms with Gasteiger partial charge in [0.15, 0.2) is 0 Å². The summed E-state index contributed by atoms with van der Waals surface area (Å²) in [5, 5.41) is 3.14. The van der Waals surface area contributed by atoms with Gasteiger partial charge in [0.1, 0.15) is 18.2 Å². The molecule has 1 saturated carbocycles. The number of nitrogens with one attached hydrogen (secondary N) is 1. The van der Waals surface area contributed by atoms with Crippen molar-refractivity contribution in [2.75, 3.05) is 46.8 Å². The molecule has 0 radical (unpaired) electrons. The maximum atomic E-state index is 13.6. The van der Waals surface area contributed by atoms with Crippen LogP contribution in [0.25, 0.3) is 0 Å². The Morgan fingerprint density at radius 3 is 2.00 bits per heavy atom. The first kappa shape index (κ1) is 42.8. The van der Waals surface area contributed by atoms with Gasteiger partial charge in [0.2, 0.25) is 18.2 Å². The summed E-state index contributed by atoms with van der Waals surface area (Å²) in [6.07, 6.45) is 11.0. The van der Waals surface area contributed by atoms with Crippen LogP contribution in [0.2, 0.25) is 0 Å². The van der Waals surface area contributed by atoms with E-state index in [1.54, 1.807) is 0 Å². The molecule has 3 fully saturated rings. The van der Waals surface area contributed by atoms with Gasteiger partial charge in [-0.3, -0.25) is 19.3 Å². The Morgan fingerprint density at radius 2 is 1.55 bits per heavy atom. The third-order valence-corrected chi connectivity index (χ3v) is 9.80. The number of amides is 3. The summed E-state index contributed by atoms with van der Waals surface area (Å²) in [6, 6.07) is -0.889. The van der Waals surface area contributed by atoms with Crippen LogP contribution in [0.15, 0.2) is 0 Å². The molecule has 3 amide bonds. The normalized spacial score (nSPS) is 20.7. The van der Waals surface area contributed by atoms with Gasteiger partial charge in [0, 0.05) is 26.2 Å². The summed E-state index contributed by atoms with van der Waals surface area (Å²) in [4.78, 5) is 57.4. The number of hydrogen-bond acceptors (Lipinski definition) is 7. The Kier molecular flexibility index (Phi) is 19.8. The zero-order chi connectivity index (χ0) is 35.7. The number of esters is 1. The van der Waals surface area contributed by atoms with E-state index in [-0.39, 0.29) is 41.4 Å². The van der Waals surface area contributed by atoms with Crippen LogP contribution in [-0.4, -0.2) is 121 Å². The Hall–Kier alpha value is -2.20. The van der Waals surface area contributed by atoms with Crippen molar-refractivity contribution < 1.29 is 23.9 Å². The predicted molar refractivity (Wildman–Crippen MR) is 191 cm³/mol. The highest BCUT2D eigenvalue weighted by Crippen LogP contribution is 2.26. The van der Waals surface area contributed by atoms with Crippen LogP contribution in [-0.2, 0) is 23.9 Å². The van der Waals surface area contributed by atoms with E-state index in [0.717, 1.165) is 77.5 Å². The average Bonchev–Trinajstić information content (AvgIpc) is 3.54. The van der Waals surface area contributed by atoms with Gasteiger partial charge in [-0.15, -0.1) is 0 Å². The number of carbonyl (C=O) groups is 4. The third-order valence-electron chi connectivity index (χ3n) is 9.80. The first-order chi connectivity index (χ1) is 22.2. The lowest BCUT2D eigenvalue weighted by Gasteiger charge is -2.40. The number of piperidine rings is 1. The molecule has 3 unspecified atom stereocenters. The van der Waals surface area contributed by atoms with Crippen molar-refractivity contribution >= 4 is 24.2 Å². The molecular weight excluding hydrogens is 594 g/mol. The Bertz CT molecular complexity index is 929. The Morgan fingerprint density at radius 1 is 0.957 bits per heavy atom. The van der Waals surface area contributed by atoms with Crippen molar-refractivity contribution in [3.63, 3.8) is 0 Å². The number of likely N-dealkylation sites (tertiary alicyclic amines) is 2. The fourth-order valence-electron chi connectivity index (χ4n) is 6.46. The largest absolute Gasteiger partial charge is 0.461 e. The molecule has 4 atom stereocenters. The van der Waals surface area contributed by atoms with Crippen molar-refractivity contribution in [1.82, 2.24) is 24.9 Å². The minimum atomic E-state index is -0.518. The van der Waals surface area contributed by atoms with E-state index < -0.39 is 12.1 Å². The van der Waals surface area contributed by atoms with E-state index >= 15 is 0 Å². The first-order valence-electron chi connectivity index (χ1n) is 18.7. The quantitative estimate of drug-likeness (QED) is 0.198. The monoisotopic (exact) mass is 666 g/mol. The lowest BCUT2D eigenvalue weighted by Crippen LogP contribution is -2.60. The van der Waals surface area contributed by atoms with E-state index in [1.807, 2.05) is 67.5 Å². The van der Waals surface area contributed by atoms with Crippen molar-refractivity contribution in [3.8, 4) is 0 Å². The molecule has 0 aromatic heterocycles. The lowest BCUT2D eigenvalue weighted by atomic mass is 9.84. The van der Waals surface area contributed by atoms with Crippen LogP contribution in [0.4, 0.5) is 0 Å². The number of rotatable bonds is 14. The van der Waals surface area contributed by atoms with E-state index in [4.69, 9.17) is 4.74 Å². The SMILES string of the molecule is CC.CC(C)C(CN1CCCC1)N(C)C(=O)C(NC(=O)C1CCCCN1C)C(C)(C)C.CCC[C@@H](C(=O)OC1CCC1)N(C=O)CC. The fourth-order valence-corrected chi connectivity index (χ4v) is 6.46. The van der Waals surface area contributed by atoms with Crippen LogP contribution in [0, 0.1) is 11.3 Å². The summed E-state index contributed by atoms with van der Waals surface area (Å²) < 4.78 is 5.35. The Balaban J connectivity index is 0.000000518. The smallest absolute Gasteiger partial charge is 0.329 e. The number of ether oxygens (including phenoxy) is 1. The van der Waals surface area contributed by atoms with Crippen LogP contribution >= 0.6 is 0 Å². The van der Waals surface area contributed by atoms with E-state index in [9.17, 15) is 19.2 Å². The molecule has 0 bridgehead atoms. The first-order valence-corrected chi connectivity index (χ1v) is 18.7. The van der Waals surface area contributed by atoms with E-state index in [0.29, 0.717) is 18.9 Å². The molecule has 3 rings (SSSR count). The minimum Gasteiger partial charge on any atom is -0.461 e. The third kappa shape index (κ3) is 13.7. The zero-order valence-electron chi connectivity index (χ0n) is 32.0. The van der Waals surface area contributed by atoms with Gasteiger partial charge in [-0.2, -0.15) is 0 Å². The van der Waals surface area contributed by atoms with E-state index in [1.165, 1.54) is 17.7 Å². The van der Waals surface area contributed by atoms with Crippen LogP contribution in [0.5, 0.6) is 0 Å². The molecule has 2 heterocycles. The summed E-state index contributed by atoms with van der Waals surface area (Å²) >= 11 is 0. The number of nitrogens with zero attached hydrogens (tertiary/aromatic N) is 4. The second-order valence-corrected chi connectivity index (χ2v) is 14.8. The minimum absolute atomic E-state index is 0.00508. The van der Waals surface area contributed by atoms with Crippen LogP contribution in [0.3, 0.4) is 0 Å². The van der Waals surface area contributed by atoms with Gasteiger partial charge >= 0.3 is 5.97 Å². The summed E-state index contributed by atoms with van der Waals surface area (Å²) in [5.74, 6) is 0.155. The van der Waals surface area contributed by atoms with Gasteiger partial charge in [-0.25, -0.2) is 4.79 Å². The summed E-state index contributed by atoms with van der Waals surface area (Å²) in [6.45, 7) is 23.0. The second-order valence-electron chi connectivity index (χ2n) is 14.8. The highest BCUT2D eigenvalue weighted by molar-refractivity contribution is 5.90. The second kappa shape index (κ2) is 21.7. The molecule has 274 valence electrons. The van der Waals surface area contributed by atoms with Crippen molar-refractivity contribution in [3.05, 3.63) is 0 Å². The van der Waals surface area contributed by atoms with Gasteiger partial charge in [-0.1, -0.05) is 68.2 Å². The molecule has 1 aliphatic carbocycles. The average molecular weight is 666 g/mol. The van der Waals surface area contributed by atoms with Crippen molar-refractivity contribution in [2.45, 2.75) is 157 Å². The zero-order valence-corrected chi connectivity index (χ0v) is 32.0. The molecule has 3 aliphatic rings. The predicted octanol–water partition coefficient (Wildman–Crippen LogP) is 5.34. The topological polar surface area (TPSA) is 102 Å². The van der Waals surface area contributed by atoms with Gasteiger partial charge in [0.05, 0.1) is 6.04 Å². The van der Waals surface area contributed by atoms with Crippen molar-refractivity contribution in [1.29, 1.82) is 0 Å². The maximum Gasteiger partial charge on any atom is 0.329 e. The van der Waals surface area contributed by atoms with Gasteiger partial charge in [0.25, 0.3) is 0 Å². The van der Waals surface area contributed by atoms with Crippen LogP contribution in [0.1, 0.15) is 127 Å². The molecule has 2 aliphatic heterocycles. The van der Waals surface area contributed by atoms with Crippen LogP contribution < -0.4 is 5.32 Å². The van der Waals surface area contributed by atoms with Gasteiger partial charge in [-0.05, 0) is 96.3 Å². The lowest BCUT2D eigenvalue weighted by molar-refractivity contribution is -0.161. The molecule has 1 N–H and O–H groups in total. The number of likely N-dealkylation sites (N-methyl/N-ethyl adjacent to an activating group) is 3. The fraction of sp³-hybridized carbons (Fsp3) is 0.892. The molecular formula is C37H71N5O5.